The normalized spacial score (nSPS) is 11.8. The molecular weight excluding hydrogens is 323 g/mol. The third-order valence-corrected chi connectivity index (χ3v) is 3.83. The first-order valence-electron chi connectivity index (χ1n) is 7.68. The van der Waals surface area contributed by atoms with Crippen LogP contribution < -0.4 is 10.1 Å². The van der Waals surface area contributed by atoms with Crippen LogP contribution in [0.3, 0.4) is 0 Å². The Labute approximate surface area is 144 Å². The SMILES string of the molecule is COc1ccc(F)cc1C(=O)N[C@@H](C)c1ccc(-n2cncn2)cc1. The van der Waals surface area contributed by atoms with Gasteiger partial charge in [-0.15, -0.1) is 0 Å². The minimum Gasteiger partial charge on any atom is -0.496 e. The molecular formula is C18H17FN4O2. The molecule has 1 N–H and O–H groups in total. The van der Waals surface area contributed by atoms with E-state index in [1.54, 1.807) is 11.0 Å². The molecule has 0 aliphatic heterocycles. The third-order valence-electron chi connectivity index (χ3n) is 3.83. The topological polar surface area (TPSA) is 69.0 Å². The number of benzene rings is 2. The summed E-state index contributed by atoms with van der Waals surface area (Å²) in [5.74, 6) is -0.562. The monoisotopic (exact) mass is 340 g/mol. The van der Waals surface area contributed by atoms with Crippen LogP contribution >= 0.6 is 0 Å². The molecule has 25 heavy (non-hydrogen) atoms. The number of halogens is 1. The van der Waals surface area contributed by atoms with Crippen molar-refractivity contribution in [2.45, 2.75) is 13.0 Å². The summed E-state index contributed by atoms with van der Waals surface area (Å²) >= 11 is 0. The molecule has 0 radical (unpaired) electrons. The quantitative estimate of drug-likeness (QED) is 0.775. The van der Waals surface area contributed by atoms with Crippen molar-refractivity contribution < 1.29 is 13.9 Å². The van der Waals surface area contributed by atoms with Crippen molar-refractivity contribution in [2.75, 3.05) is 7.11 Å². The minimum atomic E-state index is -0.490. The zero-order chi connectivity index (χ0) is 17.8. The van der Waals surface area contributed by atoms with E-state index in [1.807, 2.05) is 31.2 Å². The average molecular weight is 340 g/mol. The van der Waals surface area contributed by atoms with Crippen molar-refractivity contribution in [3.05, 3.63) is 72.1 Å². The summed E-state index contributed by atoms with van der Waals surface area (Å²) < 4.78 is 20.2. The van der Waals surface area contributed by atoms with E-state index in [0.29, 0.717) is 5.75 Å². The average Bonchev–Trinajstić information content (AvgIpc) is 3.16. The Bertz CT molecular complexity index is 863. The molecule has 3 aromatic rings. The molecule has 1 heterocycles. The number of nitrogens with one attached hydrogen (secondary N) is 1. The van der Waals surface area contributed by atoms with Gasteiger partial charge in [-0.25, -0.2) is 14.1 Å². The largest absolute Gasteiger partial charge is 0.496 e. The molecule has 0 bridgehead atoms. The lowest BCUT2D eigenvalue weighted by Gasteiger charge is -2.16. The predicted octanol–water partition coefficient (Wildman–Crippen LogP) is 2.91. The van der Waals surface area contributed by atoms with Crippen molar-refractivity contribution >= 4 is 5.91 Å². The molecule has 128 valence electrons. The first-order chi connectivity index (χ1) is 12.1. The maximum absolute atomic E-state index is 13.4. The Morgan fingerprint density at radius 1 is 1.24 bits per heavy atom. The molecule has 0 aliphatic rings. The number of hydrogen-bond donors (Lipinski definition) is 1. The van der Waals surface area contributed by atoms with E-state index < -0.39 is 11.7 Å². The second-order valence-electron chi connectivity index (χ2n) is 5.47. The van der Waals surface area contributed by atoms with E-state index in [4.69, 9.17) is 4.74 Å². The van der Waals surface area contributed by atoms with Gasteiger partial charge in [-0.1, -0.05) is 12.1 Å². The Kier molecular flexibility index (Phi) is 4.74. The fourth-order valence-corrected chi connectivity index (χ4v) is 2.47. The standard InChI is InChI=1S/C18H17FN4O2/c1-12(13-3-6-15(7-4-13)23-11-20-10-21-23)22-18(24)16-9-14(19)5-8-17(16)25-2/h3-12H,1-2H3,(H,22,24)/t12-/m0/s1. The summed E-state index contributed by atoms with van der Waals surface area (Å²) in [4.78, 5) is 16.3. The maximum Gasteiger partial charge on any atom is 0.255 e. The number of methoxy groups -OCH3 is 1. The maximum atomic E-state index is 13.4. The van der Waals surface area contributed by atoms with Crippen molar-refractivity contribution in [2.24, 2.45) is 0 Å². The van der Waals surface area contributed by atoms with E-state index in [0.717, 1.165) is 17.3 Å². The van der Waals surface area contributed by atoms with Crippen molar-refractivity contribution in [3.8, 4) is 11.4 Å². The lowest BCUT2D eigenvalue weighted by molar-refractivity contribution is 0.0936. The molecule has 1 aromatic heterocycles. The van der Waals surface area contributed by atoms with Gasteiger partial charge in [-0.2, -0.15) is 5.10 Å². The fourth-order valence-electron chi connectivity index (χ4n) is 2.47. The number of amides is 1. The lowest BCUT2D eigenvalue weighted by atomic mass is 10.1. The van der Waals surface area contributed by atoms with E-state index in [1.165, 1.54) is 25.6 Å². The summed E-state index contributed by atoms with van der Waals surface area (Å²) in [5, 5.41) is 6.91. The first kappa shape index (κ1) is 16.6. The van der Waals surface area contributed by atoms with Gasteiger partial charge in [-0.3, -0.25) is 4.79 Å². The zero-order valence-electron chi connectivity index (χ0n) is 13.8. The van der Waals surface area contributed by atoms with Gasteiger partial charge < -0.3 is 10.1 Å². The highest BCUT2D eigenvalue weighted by molar-refractivity contribution is 5.97. The van der Waals surface area contributed by atoms with Crippen LogP contribution in [-0.2, 0) is 0 Å². The number of hydrogen-bond acceptors (Lipinski definition) is 4. The highest BCUT2D eigenvalue weighted by Gasteiger charge is 2.16. The van der Waals surface area contributed by atoms with Crippen LogP contribution in [0.25, 0.3) is 5.69 Å². The molecule has 0 aliphatic carbocycles. The van der Waals surface area contributed by atoms with Crippen molar-refractivity contribution in [1.29, 1.82) is 0 Å². The second-order valence-corrected chi connectivity index (χ2v) is 5.47. The van der Waals surface area contributed by atoms with Crippen LogP contribution in [0, 0.1) is 5.82 Å². The van der Waals surface area contributed by atoms with Crippen LogP contribution in [0.5, 0.6) is 5.75 Å². The number of aromatic nitrogens is 3. The van der Waals surface area contributed by atoms with Crippen molar-refractivity contribution in [3.63, 3.8) is 0 Å². The number of carbonyl (C=O) groups excluding carboxylic acids is 1. The van der Waals surface area contributed by atoms with Gasteiger partial charge in [0.1, 0.15) is 24.2 Å². The Balaban J connectivity index is 1.74. The smallest absolute Gasteiger partial charge is 0.255 e. The third kappa shape index (κ3) is 3.65. The van der Waals surface area contributed by atoms with Crippen LogP contribution in [0.1, 0.15) is 28.9 Å². The molecule has 1 atom stereocenters. The summed E-state index contributed by atoms with van der Waals surface area (Å²) in [6, 6.07) is 11.1. The van der Waals surface area contributed by atoms with E-state index >= 15 is 0 Å². The molecule has 2 aromatic carbocycles. The van der Waals surface area contributed by atoms with E-state index in [9.17, 15) is 9.18 Å². The lowest BCUT2D eigenvalue weighted by Crippen LogP contribution is -2.27. The van der Waals surface area contributed by atoms with E-state index in [2.05, 4.69) is 15.4 Å². The Hall–Kier alpha value is -3.22. The van der Waals surface area contributed by atoms with Gasteiger partial charge >= 0.3 is 0 Å². The highest BCUT2D eigenvalue weighted by atomic mass is 19.1. The van der Waals surface area contributed by atoms with Gasteiger partial charge in [0.15, 0.2) is 0 Å². The second kappa shape index (κ2) is 7.12. The predicted molar refractivity (Wildman–Crippen MR) is 90.2 cm³/mol. The molecule has 7 heteroatoms. The number of ether oxygens (including phenoxy) is 1. The summed E-state index contributed by atoms with van der Waals surface area (Å²) in [6.07, 6.45) is 3.07. The van der Waals surface area contributed by atoms with Crippen LogP contribution in [0.2, 0.25) is 0 Å². The molecule has 6 nitrogen and oxygen atoms in total. The molecule has 3 rings (SSSR count). The van der Waals surface area contributed by atoms with E-state index in [-0.39, 0.29) is 11.6 Å². The zero-order valence-corrected chi connectivity index (χ0v) is 13.8. The molecule has 0 spiro atoms. The van der Waals surface area contributed by atoms with Gasteiger partial charge in [0.05, 0.1) is 24.4 Å². The summed E-state index contributed by atoms with van der Waals surface area (Å²) in [6.45, 7) is 1.86. The van der Waals surface area contributed by atoms with Crippen LogP contribution in [0.4, 0.5) is 4.39 Å². The summed E-state index contributed by atoms with van der Waals surface area (Å²) in [7, 11) is 1.44. The van der Waals surface area contributed by atoms with Crippen molar-refractivity contribution in [1.82, 2.24) is 20.1 Å². The molecule has 1 amide bonds. The van der Waals surface area contributed by atoms with Gasteiger partial charge in [0.2, 0.25) is 0 Å². The minimum absolute atomic E-state index is 0.161. The molecule has 0 saturated carbocycles. The molecule has 0 fully saturated rings. The molecule has 0 saturated heterocycles. The van der Waals surface area contributed by atoms with Crippen LogP contribution in [-0.4, -0.2) is 27.8 Å². The Morgan fingerprint density at radius 2 is 2.00 bits per heavy atom. The van der Waals surface area contributed by atoms with Gasteiger partial charge in [-0.05, 0) is 42.8 Å². The number of nitrogens with zero attached hydrogens (tertiary/aromatic N) is 3. The fraction of sp³-hybridized carbons (Fsp3) is 0.167. The first-order valence-corrected chi connectivity index (χ1v) is 7.68. The molecule has 0 unspecified atom stereocenters. The van der Waals surface area contributed by atoms with Gasteiger partial charge in [0.25, 0.3) is 5.91 Å². The highest BCUT2D eigenvalue weighted by Crippen LogP contribution is 2.21. The summed E-state index contributed by atoms with van der Waals surface area (Å²) in [5.41, 5.74) is 1.94. The number of rotatable bonds is 5. The Morgan fingerprint density at radius 3 is 2.64 bits per heavy atom. The van der Waals surface area contributed by atoms with Gasteiger partial charge in [0, 0.05) is 0 Å². The van der Waals surface area contributed by atoms with Crippen LogP contribution in [0.15, 0.2) is 55.1 Å². The number of carbonyl (C=O) groups is 1.